The smallest absolute Gasteiger partial charge is 0.205 e. The lowest BCUT2D eigenvalue weighted by Crippen LogP contribution is -2.26. The van der Waals surface area contributed by atoms with Gasteiger partial charge in [-0.3, -0.25) is 0 Å². The second kappa shape index (κ2) is 6.78. The average Bonchev–Trinajstić information content (AvgIpc) is 2.59. The first-order valence-electron chi connectivity index (χ1n) is 7.72. The van der Waals surface area contributed by atoms with Crippen LogP contribution in [-0.4, -0.2) is 14.2 Å². The molecular formula is C19H21N3O3. The Morgan fingerprint density at radius 2 is 1.64 bits per heavy atom. The summed E-state index contributed by atoms with van der Waals surface area (Å²) in [6, 6.07) is 9.55. The number of nitriles is 2. The lowest BCUT2D eigenvalue weighted by atomic mass is 9.79. The van der Waals surface area contributed by atoms with Crippen LogP contribution in [0.2, 0.25) is 0 Å². The minimum absolute atomic E-state index is 0.0196. The molecule has 130 valence electrons. The quantitative estimate of drug-likeness (QED) is 0.906. The third-order valence-electron chi connectivity index (χ3n) is 3.96. The van der Waals surface area contributed by atoms with Gasteiger partial charge in [0, 0.05) is 5.41 Å². The van der Waals surface area contributed by atoms with Crippen LogP contribution in [-0.2, 0) is 4.74 Å². The van der Waals surface area contributed by atoms with E-state index >= 15 is 0 Å². The van der Waals surface area contributed by atoms with Gasteiger partial charge in [0.2, 0.25) is 5.88 Å². The molecule has 2 rings (SSSR count). The molecule has 0 unspecified atom stereocenters. The maximum atomic E-state index is 9.77. The molecule has 0 saturated heterocycles. The van der Waals surface area contributed by atoms with Crippen LogP contribution in [0, 0.1) is 28.1 Å². The second-order valence-corrected chi connectivity index (χ2v) is 6.64. The van der Waals surface area contributed by atoms with Crippen LogP contribution in [0.1, 0.15) is 32.3 Å². The molecule has 0 amide bonds. The highest BCUT2D eigenvalue weighted by atomic mass is 16.5. The first-order valence-corrected chi connectivity index (χ1v) is 7.72. The van der Waals surface area contributed by atoms with E-state index in [9.17, 15) is 10.5 Å². The fourth-order valence-corrected chi connectivity index (χ4v) is 2.80. The molecule has 0 bridgehead atoms. The van der Waals surface area contributed by atoms with E-state index in [0.717, 1.165) is 0 Å². The van der Waals surface area contributed by atoms with Crippen LogP contribution >= 0.6 is 0 Å². The van der Waals surface area contributed by atoms with Crippen LogP contribution in [0.4, 0.5) is 0 Å². The molecule has 1 heterocycles. The molecule has 1 aromatic carbocycles. The number of allylic oxidation sites excluding steroid dienone is 3. The van der Waals surface area contributed by atoms with Crippen molar-refractivity contribution in [1.82, 2.24) is 0 Å². The van der Waals surface area contributed by atoms with E-state index in [1.165, 1.54) is 7.11 Å². The molecule has 2 N–H and O–H groups in total. The van der Waals surface area contributed by atoms with Crippen molar-refractivity contribution in [2.45, 2.75) is 26.7 Å². The highest BCUT2D eigenvalue weighted by Crippen LogP contribution is 2.45. The van der Waals surface area contributed by atoms with Crippen molar-refractivity contribution >= 4 is 0 Å². The Labute approximate surface area is 147 Å². The SMILES string of the molecule is COc1ccc([C@@H]2C(C#N)=C(N)OC(C(C)(C)C)=C2C#N)cc1OC. The summed E-state index contributed by atoms with van der Waals surface area (Å²) in [5.41, 5.74) is 6.82. The predicted molar refractivity (Wildman–Crippen MR) is 92.3 cm³/mol. The molecule has 0 fully saturated rings. The van der Waals surface area contributed by atoms with Crippen LogP contribution in [0.5, 0.6) is 11.5 Å². The van der Waals surface area contributed by atoms with Gasteiger partial charge in [0.05, 0.1) is 31.8 Å². The van der Waals surface area contributed by atoms with Crippen LogP contribution in [0.15, 0.2) is 41.0 Å². The first-order chi connectivity index (χ1) is 11.8. The number of hydrogen-bond donors (Lipinski definition) is 1. The summed E-state index contributed by atoms with van der Waals surface area (Å²) in [6.45, 7) is 5.78. The standard InChI is InChI=1S/C19H21N3O3/c1-19(2,3)17-12(9-20)16(13(10-21)18(22)25-17)11-6-7-14(23-4)15(8-11)24-5/h6-8,16H,22H2,1-5H3/t16-/m0/s1. The van der Waals surface area contributed by atoms with Crippen molar-refractivity contribution in [3.05, 3.63) is 46.6 Å². The molecule has 1 aromatic rings. The average molecular weight is 339 g/mol. The zero-order valence-corrected chi connectivity index (χ0v) is 15.0. The molecule has 0 radical (unpaired) electrons. The van der Waals surface area contributed by atoms with E-state index in [-0.39, 0.29) is 11.5 Å². The van der Waals surface area contributed by atoms with Crippen molar-refractivity contribution in [3.63, 3.8) is 0 Å². The number of hydrogen-bond acceptors (Lipinski definition) is 6. The van der Waals surface area contributed by atoms with E-state index in [2.05, 4.69) is 12.1 Å². The Morgan fingerprint density at radius 1 is 1.04 bits per heavy atom. The number of benzene rings is 1. The van der Waals surface area contributed by atoms with E-state index in [1.807, 2.05) is 20.8 Å². The molecule has 1 aliphatic heterocycles. The maximum absolute atomic E-state index is 9.77. The number of nitrogens with two attached hydrogens (primary N) is 1. The summed E-state index contributed by atoms with van der Waals surface area (Å²) in [7, 11) is 3.07. The van der Waals surface area contributed by atoms with Crippen molar-refractivity contribution in [2.75, 3.05) is 14.2 Å². The zero-order chi connectivity index (χ0) is 18.8. The third-order valence-corrected chi connectivity index (χ3v) is 3.96. The van der Waals surface area contributed by atoms with Crippen molar-refractivity contribution in [3.8, 4) is 23.6 Å². The fourth-order valence-electron chi connectivity index (χ4n) is 2.80. The van der Waals surface area contributed by atoms with Crippen molar-refractivity contribution in [2.24, 2.45) is 11.1 Å². The molecule has 0 aliphatic carbocycles. The molecule has 0 aromatic heterocycles. The summed E-state index contributed by atoms with van der Waals surface area (Å²) in [5.74, 6) is 0.944. The van der Waals surface area contributed by atoms with Gasteiger partial charge in [-0.2, -0.15) is 10.5 Å². The largest absolute Gasteiger partial charge is 0.493 e. The summed E-state index contributed by atoms with van der Waals surface area (Å²) < 4.78 is 16.2. The van der Waals surface area contributed by atoms with Crippen molar-refractivity contribution in [1.29, 1.82) is 10.5 Å². The first kappa shape index (κ1) is 18.2. The third kappa shape index (κ3) is 3.25. The summed E-state index contributed by atoms with van der Waals surface area (Å²) in [5, 5.41) is 19.3. The lowest BCUT2D eigenvalue weighted by molar-refractivity contribution is 0.199. The summed E-state index contributed by atoms with van der Waals surface area (Å²) >= 11 is 0. The topological polar surface area (TPSA) is 101 Å². The van der Waals surface area contributed by atoms with Crippen molar-refractivity contribution < 1.29 is 14.2 Å². The van der Waals surface area contributed by atoms with Crippen LogP contribution in [0.3, 0.4) is 0 Å². The highest BCUT2D eigenvalue weighted by molar-refractivity contribution is 5.56. The van der Waals surface area contributed by atoms with Crippen LogP contribution in [0.25, 0.3) is 0 Å². The Morgan fingerprint density at radius 3 is 2.12 bits per heavy atom. The molecule has 6 nitrogen and oxygen atoms in total. The fraction of sp³-hybridized carbons (Fsp3) is 0.368. The van der Waals surface area contributed by atoms with Gasteiger partial charge in [0.1, 0.15) is 17.4 Å². The van der Waals surface area contributed by atoms with E-state index in [4.69, 9.17) is 19.9 Å². The highest BCUT2D eigenvalue weighted by Gasteiger charge is 2.37. The molecule has 1 atom stereocenters. The van der Waals surface area contributed by atoms with Gasteiger partial charge in [-0.05, 0) is 17.7 Å². The normalized spacial score (nSPS) is 17.5. The Balaban J connectivity index is 2.73. The second-order valence-electron chi connectivity index (χ2n) is 6.64. The Hall–Kier alpha value is -3.12. The number of methoxy groups -OCH3 is 2. The van der Waals surface area contributed by atoms with Gasteiger partial charge in [-0.1, -0.05) is 26.8 Å². The van der Waals surface area contributed by atoms with Gasteiger partial charge >= 0.3 is 0 Å². The number of nitrogens with zero attached hydrogens (tertiary/aromatic N) is 2. The van der Waals surface area contributed by atoms with Gasteiger partial charge in [0.15, 0.2) is 11.5 Å². The van der Waals surface area contributed by atoms with E-state index < -0.39 is 11.3 Å². The zero-order valence-electron chi connectivity index (χ0n) is 15.0. The molecule has 1 aliphatic rings. The van der Waals surface area contributed by atoms with E-state index in [1.54, 1.807) is 25.3 Å². The molecule has 6 heteroatoms. The maximum Gasteiger partial charge on any atom is 0.205 e. The molecule has 25 heavy (non-hydrogen) atoms. The minimum Gasteiger partial charge on any atom is -0.493 e. The predicted octanol–water partition coefficient (Wildman–Crippen LogP) is 3.34. The monoisotopic (exact) mass is 339 g/mol. The number of ether oxygens (including phenoxy) is 3. The van der Waals surface area contributed by atoms with Gasteiger partial charge in [-0.15, -0.1) is 0 Å². The van der Waals surface area contributed by atoms with E-state index in [0.29, 0.717) is 28.4 Å². The van der Waals surface area contributed by atoms with Gasteiger partial charge < -0.3 is 19.9 Å². The molecule has 0 saturated carbocycles. The lowest BCUT2D eigenvalue weighted by Gasteiger charge is -2.32. The van der Waals surface area contributed by atoms with Gasteiger partial charge in [-0.25, -0.2) is 0 Å². The molecule has 0 spiro atoms. The summed E-state index contributed by atoms with van der Waals surface area (Å²) in [6.07, 6.45) is 0. The minimum atomic E-state index is -0.613. The van der Waals surface area contributed by atoms with Gasteiger partial charge in [0.25, 0.3) is 0 Å². The Bertz CT molecular complexity index is 833. The molecular weight excluding hydrogens is 318 g/mol. The summed E-state index contributed by atoms with van der Waals surface area (Å²) in [4.78, 5) is 0. The number of rotatable bonds is 3. The van der Waals surface area contributed by atoms with Crippen LogP contribution < -0.4 is 15.2 Å². The Kier molecular flexibility index (Phi) is 4.94.